The normalized spacial score (nSPS) is 24.3. The number of piperidine rings is 1. The lowest BCUT2D eigenvalue weighted by Gasteiger charge is -2.32. The zero-order valence-electron chi connectivity index (χ0n) is 12.3. The predicted molar refractivity (Wildman–Crippen MR) is 84.6 cm³/mol. The van der Waals surface area contributed by atoms with E-state index in [2.05, 4.69) is 27.8 Å². The SMILES string of the molecule is Cc1cc(CCl)cnc1N1CCC(N2CCCCC2)C1. The summed E-state index contributed by atoms with van der Waals surface area (Å²) in [6.45, 7) is 6.99. The summed E-state index contributed by atoms with van der Waals surface area (Å²) in [7, 11) is 0. The summed E-state index contributed by atoms with van der Waals surface area (Å²) in [6.07, 6.45) is 7.35. The molecule has 1 unspecified atom stereocenters. The van der Waals surface area contributed by atoms with Crippen molar-refractivity contribution in [1.82, 2.24) is 9.88 Å². The molecule has 0 saturated carbocycles. The van der Waals surface area contributed by atoms with E-state index in [-0.39, 0.29) is 0 Å². The third-order valence-corrected chi connectivity index (χ3v) is 4.94. The summed E-state index contributed by atoms with van der Waals surface area (Å²) in [6, 6.07) is 2.90. The lowest BCUT2D eigenvalue weighted by Crippen LogP contribution is -2.41. The zero-order valence-corrected chi connectivity index (χ0v) is 13.1. The van der Waals surface area contributed by atoms with E-state index in [0.29, 0.717) is 5.88 Å². The molecule has 20 heavy (non-hydrogen) atoms. The first-order valence-electron chi connectivity index (χ1n) is 7.78. The Hall–Kier alpha value is -0.800. The third kappa shape index (κ3) is 2.94. The Balaban J connectivity index is 1.67. The number of pyridine rings is 1. The van der Waals surface area contributed by atoms with Gasteiger partial charge in [-0.25, -0.2) is 4.98 Å². The molecule has 0 N–H and O–H groups in total. The van der Waals surface area contributed by atoms with Crippen molar-refractivity contribution in [2.75, 3.05) is 31.1 Å². The number of likely N-dealkylation sites (tertiary alicyclic amines) is 1. The second kappa shape index (κ2) is 6.31. The molecule has 0 amide bonds. The van der Waals surface area contributed by atoms with Crippen molar-refractivity contribution in [3.05, 3.63) is 23.4 Å². The van der Waals surface area contributed by atoms with E-state index in [9.17, 15) is 0 Å². The molecule has 0 aliphatic carbocycles. The second-order valence-corrected chi connectivity index (χ2v) is 6.37. The van der Waals surface area contributed by atoms with E-state index < -0.39 is 0 Å². The number of nitrogens with zero attached hydrogens (tertiary/aromatic N) is 3. The molecule has 2 aliphatic rings. The fourth-order valence-corrected chi connectivity index (χ4v) is 3.69. The van der Waals surface area contributed by atoms with Crippen LogP contribution in [0.5, 0.6) is 0 Å². The summed E-state index contributed by atoms with van der Waals surface area (Å²) in [5.74, 6) is 1.70. The van der Waals surface area contributed by atoms with Gasteiger partial charge < -0.3 is 4.90 Å². The topological polar surface area (TPSA) is 19.4 Å². The Labute approximate surface area is 126 Å². The first kappa shape index (κ1) is 14.2. The molecule has 1 aromatic rings. The van der Waals surface area contributed by atoms with Gasteiger partial charge in [0.1, 0.15) is 5.82 Å². The average molecular weight is 294 g/mol. The van der Waals surface area contributed by atoms with Crippen molar-refractivity contribution < 1.29 is 0 Å². The molecule has 1 aromatic heterocycles. The molecule has 3 nitrogen and oxygen atoms in total. The molecule has 0 spiro atoms. The van der Waals surface area contributed by atoms with E-state index in [1.165, 1.54) is 44.3 Å². The summed E-state index contributed by atoms with van der Waals surface area (Å²) in [4.78, 5) is 9.77. The van der Waals surface area contributed by atoms with Crippen LogP contribution in [0.15, 0.2) is 12.3 Å². The molecule has 0 radical (unpaired) electrons. The minimum Gasteiger partial charge on any atom is -0.355 e. The van der Waals surface area contributed by atoms with Crippen molar-refractivity contribution in [3.8, 4) is 0 Å². The standard InChI is InChI=1S/C16H24ClN3/c1-13-9-14(10-17)11-18-16(13)20-8-5-15(12-20)19-6-3-2-4-7-19/h9,11,15H,2-8,10,12H2,1H3. The molecule has 4 heteroatoms. The number of halogens is 1. The second-order valence-electron chi connectivity index (χ2n) is 6.10. The van der Waals surface area contributed by atoms with Gasteiger partial charge in [0.25, 0.3) is 0 Å². The maximum atomic E-state index is 5.88. The van der Waals surface area contributed by atoms with Gasteiger partial charge in [0.2, 0.25) is 0 Å². The molecular formula is C16H24ClN3. The highest BCUT2D eigenvalue weighted by atomic mass is 35.5. The Morgan fingerprint density at radius 1 is 1.25 bits per heavy atom. The van der Waals surface area contributed by atoms with E-state index in [0.717, 1.165) is 30.5 Å². The van der Waals surface area contributed by atoms with Crippen LogP contribution in [0.2, 0.25) is 0 Å². The van der Waals surface area contributed by atoms with E-state index >= 15 is 0 Å². The highest BCUT2D eigenvalue weighted by Gasteiger charge is 2.29. The molecule has 3 rings (SSSR count). The molecule has 2 aliphatic heterocycles. The summed E-state index contributed by atoms with van der Waals surface area (Å²) >= 11 is 5.88. The number of rotatable bonds is 3. The van der Waals surface area contributed by atoms with Crippen LogP contribution >= 0.6 is 11.6 Å². The number of hydrogen-bond donors (Lipinski definition) is 0. The van der Waals surface area contributed by atoms with Crippen LogP contribution in [0.4, 0.5) is 5.82 Å². The highest BCUT2D eigenvalue weighted by molar-refractivity contribution is 6.17. The van der Waals surface area contributed by atoms with Gasteiger partial charge in [-0.15, -0.1) is 11.6 Å². The van der Waals surface area contributed by atoms with Crippen LogP contribution in [0.3, 0.4) is 0 Å². The molecule has 0 bridgehead atoms. The van der Waals surface area contributed by atoms with E-state index in [1.54, 1.807) is 0 Å². The fraction of sp³-hybridized carbons (Fsp3) is 0.688. The van der Waals surface area contributed by atoms with Gasteiger partial charge in [-0.3, -0.25) is 4.90 Å². The van der Waals surface area contributed by atoms with Gasteiger partial charge in [0.15, 0.2) is 0 Å². The van der Waals surface area contributed by atoms with E-state index in [4.69, 9.17) is 11.6 Å². The molecule has 110 valence electrons. The van der Waals surface area contributed by atoms with Gasteiger partial charge in [-0.1, -0.05) is 6.42 Å². The molecule has 3 heterocycles. The minimum atomic E-state index is 0.546. The Morgan fingerprint density at radius 2 is 2.05 bits per heavy atom. The smallest absolute Gasteiger partial charge is 0.131 e. The monoisotopic (exact) mass is 293 g/mol. The van der Waals surface area contributed by atoms with Crippen LogP contribution < -0.4 is 4.90 Å². The summed E-state index contributed by atoms with van der Waals surface area (Å²) < 4.78 is 0. The first-order valence-corrected chi connectivity index (χ1v) is 8.32. The van der Waals surface area contributed by atoms with Crippen LogP contribution in [0.1, 0.15) is 36.8 Å². The van der Waals surface area contributed by atoms with Gasteiger partial charge >= 0.3 is 0 Å². The summed E-state index contributed by atoms with van der Waals surface area (Å²) in [5.41, 5.74) is 2.36. The van der Waals surface area contributed by atoms with Crippen LogP contribution in [-0.4, -0.2) is 42.1 Å². The molecule has 1 atom stereocenters. The van der Waals surface area contributed by atoms with Crippen molar-refractivity contribution in [2.45, 2.75) is 44.5 Å². The molecule has 2 saturated heterocycles. The van der Waals surface area contributed by atoms with Crippen LogP contribution in [0.25, 0.3) is 0 Å². The van der Waals surface area contributed by atoms with Gasteiger partial charge in [-0.2, -0.15) is 0 Å². The minimum absolute atomic E-state index is 0.546. The maximum Gasteiger partial charge on any atom is 0.131 e. The van der Waals surface area contributed by atoms with Crippen LogP contribution in [0, 0.1) is 6.92 Å². The summed E-state index contributed by atoms with van der Waals surface area (Å²) in [5, 5.41) is 0. The van der Waals surface area contributed by atoms with Gasteiger partial charge in [0, 0.05) is 31.2 Å². The van der Waals surface area contributed by atoms with Crippen molar-refractivity contribution in [2.24, 2.45) is 0 Å². The fourth-order valence-electron chi connectivity index (χ4n) is 3.55. The van der Waals surface area contributed by atoms with Crippen LogP contribution in [-0.2, 0) is 5.88 Å². The molecule has 2 fully saturated rings. The average Bonchev–Trinajstić information content (AvgIpc) is 2.97. The van der Waals surface area contributed by atoms with Crippen molar-refractivity contribution >= 4 is 17.4 Å². The maximum absolute atomic E-state index is 5.88. The van der Waals surface area contributed by atoms with Gasteiger partial charge in [-0.05, 0) is 56.5 Å². The lowest BCUT2D eigenvalue weighted by molar-refractivity contribution is 0.175. The number of alkyl halides is 1. The van der Waals surface area contributed by atoms with Gasteiger partial charge in [0.05, 0.1) is 0 Å². The lowest BCUT2D eigenvalue weighted by atomic mass is 10.1. The van der Waals surface area contributed by atoms with Crippen molar-refractivity contribution in [3.63, 3.8) is 0 Å². The number of anilines is 1. The Bertz CT molecular complexity index is 457. The Morgan fingerprint density at radius 3 is 2.75 bits per heavy atom. The first-order chi connectivity index (χ1) is 9.78. The van der Waals surface area contributed by atoms with E-state index in [1.807, 2.05) is 6.20 Å². The zero-order chi connectivity index (χ0) is 13.9. The highest BCUT2D eigenvalue weighted by Crippen LogP contribution is 2.26. The third-order valence-electron chi connectivity index (χ3n) is 4.63. The number of aromatic nitrogens is 1. The molecular weight excluding hydrogens is 270 g/mol. The predicted octanol–water partition coefficient (Wildman–Crippen LogP) is 3.19. The quantitative estimate of drug-likeness (QED) is 0.798. The number of hydrogen-bond acceptors (Lipinski definition) is 3. The molecule has 0 aromatic carbocycles. The largest absolute Gasteiger partial charge is 0.355 e. The Kier molecular flexibility index (Phi) is 4.47. The van der Waals surface area contributed by atoms with Crippen molar-refractivity contribution in [1.29, 1.82) is 0 Å². The number of aryl methyl sites for hydroxylation is 1.